The fourth-order valence-corrected chi connectivity index (χ4v) is 1.49. The average Bonchev–Trinajstić information content (AvgIpc) is 2.34. The zero-order chi connectivity index (χ0) is 14.5. The van der Waals surface area contributed by atoms with E-state index in [2.05, 4.69) is 10.7 Å². The second kappa shape index (κ2) is 6.43. The first-order valence-corrected chi connectivity index (χ1v) is 6.29. The Kier molecular flexibility index (Phi) is 5.18. The highest BCUT2D eigenvalue weighted by Crippen LogP contribution is 2.13. The molecule has 0 aromatic heterocycles. The summed E-state index contributed by atoms with van der Waals surface area (Å²) in [7, 11) is 3.78. The summed E-state index contributed by atoms with van der Waals surface area (Å²) in [6, 6.07) is 7.92. The lowest BCUT2D eigenvalue weighted by Gasteiger charge is -2.20. The van der Waals surface area contributed by atoms with Crippen molar-refractivity contribution in [3.63, 3.8) is 0 Å². The van der Waals surface area contributed by atoms with Gasteiger partial charge in [-0.25, -0.2) is 10.2 Å². The molecule has 0 radical (unpaired) electrons. The van der Waals surface area contributed by atoms with E-state index in [1.54, 1.807) is 0 Å². The summed E-state index contributed by atoms with van der Waals surface area (Å²) >= 11 is 0. The lowest BCUT2D eigenvalue weighted by molar-refractivity contribution is 0.0523. The Bertz CT molecular complexity index is 427. The molecule has 1 aromatic rings. The molecule has 0 bridgehead atoms. The van der Waals surface area contributed by atoms with Gasteiger partial charge in [-0.1, -0.05) is 12.1 Å². The highest BCUT2D eigenvalue weighted by molar-refractivity contribution is 5.67. The van der Waals surface area contributed by atoms with Crippen LogP contribution in [-0.2, 0) is 11.3 Å². The van der Waals surface area contributed by atoms with Crippen LogP contribution in [0, 0.1) is 0 Å². The molecule has 0 spiro atoms. The molecule has 0 aliphatic heterocycles. The molecule has 0 heterocycles. The lowest BCUT2D eigenvalue weighted by atomic mass is 10.2. The number of amides is 1. The van der Waals surface area contributed by atoms with Crippen LogP contribution in [0.5, 0.6) is 0 Å². The maximum absolute atomic E-state index is 11.6. The Hall–Kier alpha value is -1.75. The SMILES string of the molecule is CNN(C)c1cccc(CNC(=O)OC(C)(C)C)c1. The predicted molar refractivity (Wildman–Crippen MR) is 77.0 cm³/mol. The molecule has 0 aliphatic carbocycles. The van der Waals surface area contributed by atoms with Crippen molar-refractivity contribution in [2.24, 2.45) is 0 Å². The highest BCUT2D eigenvalue weighted by Gasteiger charge is 2.15. The topological polar surface area (TPSA) is 53.6 Å². The molecular weight excluding hydrogens is 242 g/mol. The van der Waals surface area contributed by atoms with Gasteiger partial charge in [0.1, 0.15) is 5.60 Å². The number of nitrogens with zero attached hydrogens (tertiary/aromatic N) is 1. The molecule has 0 fully saturated rings. The molecule has 2 N–H and O–H groups in total. The molecule has 106 valence electrons. The number of anilines is 1. The van der Waals surface area contributed by atoms with Crippen molar-refractivity contribution in [1.29, 1.82) is 0 Å². The molecular formula is C14H23N3O2. The Morgan fingerprint density at radius 3 is 2.63 bits per heavy atom. The van der Waals surface area contributed by atoms with Crippen molar-refractivity contribution in [2.45, 2.75) is 32.9 Å². The van der Waals surface area contributed by atoms with Crippen LogP contribution in [-0.4, -0.2) is 25.8 Å². The molecule has 0 atom stereocenters. The lowest BCUT2D eigenvalue weighted by Crippen LogP contribution is -2.32. The number of nitrogens with one attached hydrogen (secondary N) is 2. The molecule has 0 aliphatic rings. The number of alkyl carbamates (subject to hydrolysis) is 1. The average molecular weight is 265 g/mol. The number of hydrazine groups is 1. The summed E-state index contributed by atoms with van der Waals surface area (Å²) in [5.41, 5.74) is 4.60. The van der Waals surface area contributed by atoms with Crippen LogP contribution < -0.4 is 15.8 Å². The largest absolute Gasteiger partial charge is 0.444 e. The van der Waals surface area contributed by atoms with E-state index >= 15 is 0 Å². The second-order valence-corrected chi connectivity index (χ2v) is 5.31. The Morgan fingerprint density at radius 2 is 2.05 bits per heavy atom. The molecule has 1 aromatic carbocycles. The van der Waals surface area contributed by atoms with E-state index in [4.69, 9.17) is 4.74 Å². The van der Waals surface area contributed by atoms with Gasteiger partial charge in [-0.05, 0) is 38.5 Å². The van der Waals surface area contributed by atoms with E-state index in [1.165, 1.54) is 0 Å². The van der Waals surface area contributed by atoms with Crippen LogP contribution in [0.2, 0.25) is 0 Å². The quantitative estimate of drug-likeness (QED) is 0.820. The molecule has 1 rings (SSSR count). The Morgan fingerprint density at radius 1 is 1.37 bits per heavy atom. The second-order valence-electron chi connectivity index (χ2n) is 5.31. The summed E-state index contributed by atoms with van der Waals surface area (Å²) in [4.78, 5) is 11.6. The third-order valence-corrected chi connectivity index (χ3v) is 2.47. The number of ether oxygens (including phenoxy) is 1. The number of carbonyl (C=O) groups is 1. The molecule has 0 saturated carbocycles. The maximum Gasteiger partial charge on any atom is 0.407 e. The van der Waals surface area contributed by atoms with Gasteiger partial charge < -0.3 is 15.1 Å². The minimum absolute atomic E-state index is 0.403. The van der Waals surface area contributed by atoms with Crippen LogP contribution in [0.1, 0.15) is 26.3 Å². The van der Waals surface area contributed by atoms with Crippen molar-refractivity contribution >= 4 is 11.8 Å². The zero-order valence-electron chi connectivity index (χ0n) is 12.3. The van der Waals surface area contributed by atoms with Gasteiger partial charge in [-0.15, -0.1) is 0 Å². The number of hydrogen-bond acceptors (Lipinski definition) is 4. The summed E-state index contributed by atoms with van der Waals surface area (Å²) in [6.07, 6.45) is -0.403. The minimum atomic E-state index is -0.474. The highest BCUT2D eigenvalue weighted by atomic mass is 16.6. The smallest absolute Gasteiger partial charge is 0.407 e. The van der Waals surface area contributed by atoms with Gasteiger partial charge >= 0.3 is 6.09 Å². The first-order valence-electron chi connectivity index (χ1n) is 6.29. The fourth-order valence-electron chi connectivity index (χ4n) is 1.49. The van der Waals surface area contributed by atoms with Gasteiger partial charge in [-0.2, -0.15) is 0 Å². The molecule has 5 heteroatoms. The molecule has 5 nitrogen and oxygen atoms in total. The van der Waals surface area contributed by atoms with Crippen LogP contribution in [0.15, 0.2) is 24.3 Å². The third kappa shape index (κ3) is 5.61. The first-order chi connectivity index (χ1) is 8.81. The number of rotatable bonds is 4. The van der Waals surface area contributed by atoms with E-state index in [-0.39, 0.29) is 0 Å². The summed E-state index contributed by atoms with van der Waals surface area (Å²) < 4.78 is 5.19. The van der Waals surface area contributed by atoms with Crippen molar-refractivity contribution in [3.8, 4) is 0 Å². The van der Waals surface area contributed by atoms with Gasteiger partial charge in [0.15, 0.2) is 0 Å². The van der Waals surface area contributed by atoms with Crippen LogP contribution in [0.4, 0.5) is 10.5 Å². The molecule has 1 amide bonds. The van der Waals surface area contributed by atoms with E-state index < -0.39 is 11.7 Å². The van der Waals surface area contributed by atoms with E-state index in [0.717, 1.165) is 11.3 Å². The van der Waals surface area contributed by atoms with Crippen LogP contribution >= 0.6 is 0 Å². The summed E-state index contributed by atoms with van der Waals surface area (Å²) in [6.45, 7) is 5.97. The molecule has 0 unspecified atom stereocenters. The number of hydrogen-bond donors (Lipinski definition) is 2. The van der Waals surface area contributed by atoms with Crippen LogP contribution in [0.25, 0.3) is 0 Å². The minimum Gasteiger partial charge on any atom is -0.444 e. The maximum atomic E-state index is 11.6. The molecule has 0 saturated heterocycles. The molecule has 19 heavy (non-hydrogen) atoms. The van der Waals surface area contributed by atoms with Gasteiger partial charge in [0.05, 0.1) is 5.69 Å². The number of carbonyl (C=O) groups excluding carboxylic acids is 1. The normalized spacial score (nSPS) is 11.0. The van der Waals surface area contributed by atoms with Gasteiger partial charge in [-0.3, -0.25) is 0 Å². The van der Waals surface area contributed by atoms with Crippen molar-refractivity contribution in [3.05, 3.63) is 29.8 Å². The standard InChI is InChI=1S/C14H23N3O2/c1-14(2,3)19-13(18)16-10-11-7-6-8-12(9-11)17(5)15-4/h6-9,15H,10H2,1-5H3,(H,16,18). The Labute approximate surface area is 114 Å². The zero-order valence-corrected chi connectivity index (χ0v) is 12.3. The fraction of sp³-hybridized carbons (Fsp3) is 0.500. The van der Waals surface area contributed by atoms with Crippen molar-refractivity contribution in [2.75, 3.05) is 19.1 Å². The van der Waals surface area contributed by atoms with E-state index in [1.807, 2.05) is 64.1 Å². The van der Waals surface area contributed by atoms with E-state index in [0.29, 0.717) is 6.54 Å². The van der Waals surface area contributed by atoms with Crippen LogP contribution in [0.3, 0.4) is 0 Å². The number of benzene rings is 1. The van der Waals surface area contributed by atoms with Gasteiger partial charge in [0, 0.05) is 20.6 Å². The Balaban J connectivity index is 2.56. The van der Waals surface area contributed by atoms with Crippen molar-refractivity contribution in [1.82, 2.24) is 10.7 Å². The predicted octanol–water partition coefficient (Wildman–Crippen LogP) is 2.28. The monoisotopic (exact) mass is 265 g/mol. The van der Waals surface area contributed by atoms with Gasteiger partial charge in [0.25, 0.3) is 0 Å². The van der Waals surface area contributed by atoms with Gasteiger partial charge in [0.2, 0.25) is 0 Å². The summed E-state index contributed by atoms with van der Waals surface area (Å²) in [5.74, 6) is 0. The van der Waals surface area contributed by atoms with E-state index in [9.17, 15) is 4.79 Å². The van der Waals surface area contributed by atoms with Crippen molar-refractivity contribution < 1.29 is 9.53 Å². The summed E-state index contributed by atoms with van der Waals surface area (Å²) in [5, 5.41) is 4.64. The third-order valence-electron chi connectivity index (χ3n) is 2.47. The first kappa shape index (κ1) is 15.3.